The molecule has 66 valence electrons. The second-order valence-electron chi connectivity index (χ2n) is 2.69. The van der Waals surface area contributed by atoms with Crippen LogP contribution in [0.15, 0.2) is 0 Å². The van der Waals surface area contributed by atoms with Crippen molar-refractivity contribution in [3.8, 4) is 0 Å². The van der Waals surface area contributed by atoms with Gasteiger partial charge in [-0.1, -0.05) is 0 Å². The molecule has 0 aromatic carbocycles. The number of hydrogen-bond donors (Lipinski definition) is 1. The zero-order valence-electron chi connectivity index (χ0n) is 6.06. The summed E-state index contributed by atoms with van der Waals surface area (Å²) in [5.74, 6) is 0. The fraction of sp³-hybridized carbons (Fsp3) is 1.00. The van der Waals surface area contributed by atoms with Gasteiger partial charge in [0, 0.05) is 19.1 Å². The van der Waals surface area contributed by atoms with Crippen LogP contribution in [0.5, 0.6) is 0 Å². The van der Waals surface area contributed by atoms with Gasteiger partial charge in [-0.05, 0) is 12.8 Å². The van der Waals surface area contributed by atoms with Crippen LogP contribution in [0.1, 0.15) is 12.8 Å². The number of alkyl halides is 3. The van der Waals surface area contributed by atoms with Crippen LogP contribution in [0, 0.1) is 0 Å². The van der Waals surface area contributed by atoms with Gasteiger partial charge in [-0.3, -0.25) is 0 Å². The minimum absolute atomic E-state index is 0.0967. The van der Waals surface area contributed by atoms with Gasteiger partial charge in [-0.15, -0.1) is 0 Å². The number of nitrogens with zero attached hydrogens (tertiary/aromatic N) is 1. The van der Waals surface area contributed by atoms with Crippen molar-refractivity contribution >= 4 is 0 Å². The van der Waals surface area contributed by atoms with E-state index in [1.165, 1.54) is 0 Å². The average molecular weight is 168 g/mol. The van der Waals surface area contributed by atoms with E-state index in [2.05, 4.69) is 0 Å². The first-order valence-electron chi connectivity index (χ1n) is 3.59. The Hall–Kier alpha value is -0.290. The average Bonchev–Trinajstić information content (AvgIpc) is 2.31. The van der Waals surface area contributed by atoms with Crippen molar-refractivity contribution < 1.29 is 13.2 Å². The third-order valence-electron chi connectivity index (χ3n) is 1.97. The molecule has 0 bridgehead atoms. The highest BCUT2D eigenvalue weighted by atomic mass is 19.4. The van der Waals surface area contributed by atoms with E-state index in [9.17, 15) is 13.2 Å². The van der Waals surface area contributed by atoms with Crippen LogP contribution in [0.25, 0.3) is 0 Å². The summed E-state index contributed by atoms with van der Waals surface area (Å²) in [7, 11) is 0. The number of hydrogen-bond acceptors (Lipinski definition) is 2. The Morgan fingerprint density at radius 2 is 2.09 bits per heavy atom. The van der Waals surface area contributed by atoms with E-state index in [1.807, 2.05) is 0 Å². The number of halogens is 3. The maximum absolute atomic E-state index is 12.1. The first-order valence-corrected chi connectivity index (χ1v) is 3.59. The Morgan fingerprint density at radius 3 is 2.45 bits per heavy atom. The lowest BCUT2D eigenvalue weighted by molar-refractivity contribution is -0.248. The van der Waals surface area contributed by atoms with Crippen LogP contribution in [0.2, 0.25) is 0 Å². The summed E-state index contributed by atoms with van der Waals surface area (Å²) in [6.45, 7) is 0.199. The Labute approximate surface area is 63.2 Å². The van der Waals surface area contributed by atoms with Gasteiger partial charge in [-0.2, -0.15) is 13.2 Å². The van der Waals surface area contributed by atoms with Gasteiger partial charge < -0.3 is 5.73 Å². The molecule has 0 aromatic heterocycles. The summed E-state index contributed by atoms with van der Waals surface area (Å²) in [4.78, 5) is 0.521. The number of rotatable bonds is 1. The summed E-state index contributed by atoms with van der Waals surface area (Å²) in [5.41, 5.74) is 5.18. The van der Waals surface area contributed by atoms with Crippen LogP contribution in [-0.4, -0.2) is 30.3 Å². The highest BCUT2D eigenvalue weighted by Gasteiger charge is 2.43. The van der Waals surface area contributed by atoms with Crippen LogP contribution in [0.4, 0.5) is 13.2 Å². The molecule has 1 atom stereocenters. The van der Waals surface area contributed by atoms with Gasteiger partial charge in [-0.25, -0.2) is 4.90 Å². The number of nitrogens with two attached hydrogens (primary N) is 1. The van der Waals surface area contributed by atoms with Gasteiger partial charge in [0.05, 0.1) is 0 Å². The number of likely N-dealkylation sites (tertiary alicyclic amines) is 1. The maximum atomic E-state index is 12.1. The van der Waals surface area contributed by atoms with Crippen LogP contribution in [0.3, 0.4) is 0 Å². The Kier molecular flexibility index (Phi) is 2.39. The third kappa shape index (κ3) is 1.84. The molecule has 1 rings (SSSR count). The van der Waals surface area contributed by atoms with Crippen molar-refractivity contribution in [2.75, 3.05) is 13.1 Å². The van der Waals surface area contributed by atoms with E-state index in [4.69, 9.17) is 5.73 Å². The molecule has 1 aliphatic heterocycles. The minimum Gasteiger partial charge on any atom is -0.329 e. The molecule has 2 nitrogen and oxygen atoms in total. The van der Waals surface area contributed by atoms with Crippen molar-refractivity contribution in [1.82, 2.24) is 4.90 Å². The predicted octanol–water partition coefficient (Wildman–Crippen LogP) is 0.929. The molecular weight excluding hydrogens is 157 g/mol. The molecule has 0 radical (unpaired) electrons. The smallest absolute Gasteiger partial charge is 0.329 e. The molecule has 5 heteroatoms. The van der Waals surface area contributed by atoms with E-state index in [-0.39, 0.29) is 13.1 Å². The Morgan fingerprint density at radius 1 is 1.45 bits per heavy atom. The third-order valence-corrected chi connectivity index (χ3v) is 1.97. The van der Waals surface area contributed by atoms with E-state index >= 15 is 0 Å². The molecule has 1 fully saturated rings. The van der Waals surface area contributed by atoms with Crippen LogP contribution >= 0.6 is 0 Å². The Balaban J connectivity index is 2.57. The summed E-state index contributed by atoms with van der Waals surface area (Å²) in [6.07, 6.45) is -3.03. The summed E-state index contributed by atoms with van der Waals surface area (Å²) < 4.78 is 36.2. The van der Waals surface area contributed by atoms with Gasteiger partial charge in [0.2, 0.25) is 0 Å². The van der Waals surface area contributed by atoms with Crippen LogP contribution in [-0.2, 0) is 0 Å². The standard InChI is InChI=1S/C6H11F3N2/c7-6(8,9)11-3-1-2-5(11)4-10/h5H,1-4,10H2/t5-/m0/s1. The normalized spacial score (nSPS) is 27.8. The van der Waals surface area contributed by atoms with Crippen molar-refractivity contribution in [3.05, 3.63) is 0 Å². The largest absolute Gasteiger partial charge is 0.460 e. The topological polar surface area (TPSA) is 29.3 Å². The lowest BCUT2D eigenvalue weighted by Gasteiger charge is -2.25. The molecule has 0 amide bonds. The molecule has 0 aliphatic carbocycles. The molecular formula is C6H11F3N2. The maximum Gasteiger partial charge on any atom is 0.460 e. The molecule has 0 unspecified atom stereocenters. The fourth-order valence-corrected chi connectivity index (χ4v) is 1.41. The van der Waals surface area contributed by atoms with E-state index in [1.54, 1.807) is 0 Å². The van der Waals surface area contributed by atoms with E-state index in [0.717, 1.165) is 0 Å². The first kappa shape index (κ1) is 8.80. The van der Waals surface area contributed by atoms with Gasteiger partial charge >= 0.3 is 6.30 Å². The lowest BCUT2D eigenvalue weighted by atomic mass is 10.2. The highest BCUT2D eigenvalue weighted by molar-refractivity contribution is 4.80. The van der Waals surface area contributed by atoms with Crippen molar-refractivity contribution in [1.29, 1.82) is 0 Å². The lowest BCUT2D eigenvalue weighted by Crippen LogP contribution is -2.44. The monoisotopic (exact) mass is 168 g/mol. The molecule has 0 saturated carbocycles. The summed E-state index contributed by atoms with van der Waals surface area (Å²) >= 11 is 0. The zero-order chi connectivity index (χ0) is 8.48. The van der Waals surface area contributed by atoms with Crippen molar-refractivity contribution in [2.24, 2.45) is 5.73 Å². The van der Waals surface area contributed by atoms with E-state index < -0.39 is 12.3 Å². The van der Waals surface area contributed by atoms with Crippen LogP contribution < -0.4 is 5.73 Å². The molecule has 2 N–H and O–H groups in total. The van der Waals surface area contributed by atoms with Gasteiger partial charge in [0.15, 0.2) is 0 Å². The summed E-state index contributed by atoms with van der Waals surface area (Å²) in [6, 6.07) is -0.491. The van der Waals surface area contributed by atoms with E-state index in [0.29, 0.717) is 17.7 Å². The molecule has 1 aliphatic rings. The molecule has 1 saturated heterocycles. The predicted molar refractivity (Wildman–Crippen MR) is 34.8 cm³/mol. The van der Waals surface area contributed by atoms with Crippen molar-refractivity contribution in [2.45, 2.75) is 25.2 Å². The second-order valence-corrected chi connectivity index (χ2v) is 2.69. The second kappa shape index (κ2) is 2.98. The summed E-state index contributed by atoms with van der Waals surface area (Å²) in [5, 5.41) is 0. The molecule has 1 heterocycles. The molecule has 11 heavy (non-hydrogen) atoms. The fourth-order valence-electron chi connectivity index (χ4n) is 1.41. The van der Waals surface area contributed by atoms with Crippen molar-refractivity contribution in [3.63, 3.8) is 0 Å². The Bertz CT molecular complexity index is 134. The highest BCUT2D eigenvalue weighted by Crippen LogP contribution is 2.29. The molecule has 0 spiro atoms. The van der Waals surface area contributed by atoms with Gasteiger partial charge in [0.25, 0.3) is 0 Å². The molecule has 0 aromatic rings. The quantitative estimate of drug-likeness (QED) is 0.590. The first-order chi connectivity index (χ1) is 5.05. The minimum atomic E-state index is -4.19. The SMILES string of the molecule is NC[C@@H]1CCCN1C(F)(F)F. The zero-order valence-corrected chi connectivity index (χ0v) is 6.06. The van der Waals surface area contributed by atoms with Gasteiger partial charge in [0.1, 0.15) is 0 Å².